The minimum Gasteiger partial charge on any atom is -0.337 e. The quantitative estimate of drug-likeness (QED) is 0.786. The lowest BCUT2D eigenvalue weighted by Crippen LogP contribution is -2.61. The first-order valence-electron chi connectivity index (χ1n) is 8.01. The molecule has 1 heterocycles. The molecule has 0 saturated carbocycles. The summed E-state index contributed by atoms with van der Waals surface area (Å²) in [7, 11) is 0. The van der Waals surface area contributed by atoms with E-state index in [0.29, 0.717) is 6.42 Å². The number of carbonyl (C=O) groups is 2. The van der Waals surface area contributed by atoms with Gasteiger partial charge in [-0.15, -0.1) is 0 Å². The predicted molar refractivity (Wildman–Crippen MR) is 86.5 cm³/mol. The van der Waals surface area contributed by atoms with Crippen LogP contribution in [0.2, 0.25) is 0 Å². The number of nitriles is 1. The number of likely N-dealkylation sites (tertiary alicyclic amines) is 1. The van der Waals surface area contributed by atoms with E-state index < -0.39 is 28.4 Å². The van der Waals surface area contributed by atoms with Gasteiger partial charge in [-0.2, -0.15) is 5.26 Å². The lowest BCUT2D eigenvalue weighted by Gasteiger charge is -2.53. The number of ketones is 1. The fourth-order valence-corrected chi connectivity index (χ4v) is 3.87. The van der Waals surface area contributed by atoms with Crippen LogP contribution in [0.5, 0.6) is 0 Å². The highest BCUT2D eigenvalue weighted by molar-refractivity contribution is 6.04. The Morgan fingerprint density at radius 1 is 1.24 bits per heavy atom. The lowest BCUT2D eigenvalue weighted by atomic mass is 9.61. The number of halogens is 2. The molecule has 130 valence electrons. The van der Waals surface area contributed by atoms with Crippen LogP contribution in [0.15, 0.2) is 23.8 Å². The van der Waals surface area contributed by atoms with E-state index in [1.54, 1.807) is 19.9 Å². The molecular formula is C19H18F2N2O2. The van der Waals surface area contributed by atoms with Crippen molar-refractivity contribution >= 4 is 11.7 Å². The van der Waals surface area contributed by atoms with E-state index in [1.165, 1.54) is 11.8 Å². The molecule has 6 heteroatoms. The summed E-state index contributed by atoms with van der Waals surface area (Å²) in [4.78, 5) is 26.1. The van der Waals surface area contributed by atoms with E-state index in [4.69, 9.17) is 0 Å². The number of rotatable bonds is 1. The predicted octanol–water partition coefficient (Wildman–Crippen LogP) is 3.16. The minimum absolute atomic E-state index is 0.107. The molecular weight excluding hydrogens is 326 g/mol. The molecule has 0 N–H and O–H groups in total. The molecule has 0 unspecified atom stereocenters. The second kappa shape index (κ2) is 5.48. The third-order valence-electron chi connectivity index (χ3n) is 5.00. The molecule has 0 atom stereocenters. The van der Waals surface area contributed by atoms with Gasteiger partial charge < -0.3 is 4.90 Å². The lowest BCUT2D eigenvalue weighted by molar-refractivity contribution is -0.127. The number of carbonyl (C=O) groups excluding carboxylic acids is 2. The Hall–Kier alpha value is -2.55. The molecule has 1 spiro atoms. The van der Waals surface area contributed by atoms with Crippen LogP contribution in [0.25, 0.3) is 0 Å². The molecule has 1 aliphatic heterocycles. The average molecular weight is 344 g/mol. The summed E-state index contributed by atoms with van der Waals surface area (Å²) in [6, 6.07) is 3.86. The van der Waals surface area contributed by atoms with Crippen molar-refractivity contribution in [3.63, 3.8) is 0 Å². The van der Waals surface area contributed by atoms with Gasteiger partial charge in [0.2, 0.25) is 0 Å². The van der Waals surface area contributed by atoms with Crippen molar-refractivity contribution in [1.82, 2.24) is 4.90 Å². The number of hydrogen-bond donors (Lipinski definition) is 0. The monoisotopic (exact) mass is 344 g/mol. The van der Waals surface area contributed by atoms with Crippen LogP contribution in [-0.2, 0) is 4.79 Å². The van der Waals surface area contributed by atoms with Crippen LogP contribution in [0, 0.1) is 40.7 Å². The Balaban J connectivity index is 1.84. The molecule has 1 saturated heterocycles. The van der Waals surface area contributed by atoms with E-state index in [2.05, 4.69) is 0 Å². The maximum Gasteiger partial charge on any atom is 0.256 e. The first-order valence-corrected chi connectivity index (χ1v) is 8.01. The van der Waals surface area contributed by atoms with Crippen molar-refractivity contribution < 1.29 is 18.4 Å². The minimum atomic E-state index is -0.753. The van der Waals surface area contributed by atoms with Crippen molar-refractivity contribution in [2.75, 3.05) is 13.1 Å². The van der Waals surface area contributed by atoms with Crippen LogP contribution in [0.1, 0.15) is 36.2 Å². The maximum absolute atomic E-state index is 14.0. The zero-order chi connectivity index (χ0) is 18.6. The molecule has 0 bridgehead atoms. The van der Waals surface area contributed by atoms with Gasteiger partial charge in [-0.1, -0.05) is 19.9 Å². The second-order valence-electron chi connectivity index (χ2n) is 7.66. The normalized spacial score (nSPS) is 20.7. The standard InChI is InChI=1S/C19H18F2N2O2/c1-11-4-15(21)13(5-14(11)20)17(25)23-9-19(10-23)6-12(7-22)16(24)18(2,3)8-19/h4-6H,8-10H2,1-3H3. The molecule has 2 aliphatic rings. The fourth-order valence-electron chi connectivity index (χ4n) is 3.87. The van der Waals surface area contributed by atoms with Crippen molar-refractivity contribution in [2.24, 2.45) is 10.8 Å². The van der Waals surface area contributed by atoms with Gasteiger partial charge in [-0.25, -0.2) is 8.78 Å². The highest BCUT2D eigenvalue weighted by Gasteiger charge is 2.52. The van der Waals surface area contributed by atoms with E-state index in [9.17, 15) is 23.6 Å². The first-order chi connectivity index (χ1) is 11.6. The number of hydrogen-bond acceptors (Lipinski definition) is 3. The number of allylic oxidation sites excluding steroid dienone is 1. The number of Topliss-reactive ketones (excluding diaryl/α,β-unsaturated/α-hetero) is 1. The van der Waals surface area contributed by atoms with Gasteiger partial charge in [-0.05, 0) is 31.0 Å². The van der Waals surface area contributed by atoms with Gasteiger partial charge in [0.25, 0.3) is 5.91 Å². The Morgan fingerprint density at radius 3 is 2.48 bits per heavy atom. The van der Waals surface area contributed by atoms with Gasteiger partial charge in [0.05, 0.1) is 11.1 Å². The molecule has 3 rings (SSSR count). The van der Waals surface area contributed by atoms with E-state index in [-0.39, 0.29) is 35.6 Å². The molecule has 0 radical (unpaired) electrons. The Kier molecular flexibility index (Phi) is 3.79. The van der Waals surface area contributed by atoms with E-state index >= 15 is 0 Å². The molecule has 1 amide bonds. The molecule has 1 aliphatic carbocycles. The van der Waals surface area contributed by atoms with Crippen LogP contribution >= 0.6 is 0 Å². The largest absolute Gasteiger partial charge is 0.337 e. The number of aryl methyl sites for hydroxylation is 1. The summed E-state index contributed by atoms with van der Waals surface area (Å²) in [6.07, 6.45) is 2.15. The van der Waals surface area contributed by atoms with Crippen molar-refractivity contribution in [3.05, 3.63) is 46.5 Å². The Labute approximate surface area is 144 Å². The van der Waals surface area contributed by atoms with E-state index in [0.717, 1.165) is 12.1 Å². The number of benzene rings is 1. The van der Waals surface area contributed by atoms with Gasteiger partial charge in [-0.3, -0.25) is 9.59 Å². The third-order valence-corrected chi connectivity index (χ3v) is 5.00. The third kappa shape index (κ3) is 2.74. The van der Waals surface area contributed by atoms with Crippen molar-refractivity contribution in [1.29, 1.82) is 5.26 Å². The fraction of sp³-hybridized carbons (Fsp3) is 0.421. The van der Waals surface area contributed by atoms with Crippen LogP contribution in [0.4, 0.5) is 8.78 Å². The van der Waals surface area contributed by atoms with Crippen molar-refractivity contribution in [3.8, 4) is 6.07 Å². The molecule has 0 aromatic heterocycles. The Morgan fingerprint density at radius 2 is 1.88 bits per heavy atom. The maximum atomic E-state index is 14.0. The summed E-state index contributed by atoms with van der Waals surface area (Å²) in [5, 5.41) is 9.18. The van der Waals surface area contributed by atoms with Gasteiger partial charge in [0.1, 0.15) is 17.7 Å². The summed E-state index contributed by atoms with van der Waals surface area (Å²) >= 11 is 0. The molecule has 25 heavy (non-hydrogen) atoms. The molecule has 4 nitrogen and oxygen atoms in total. The smallest absolute Gasteiger partial charge is 0.256 e. The van der Waals surface area contributed by atoms with Gasteiger partial charge >= 0.3 is 0 Å². The zero-order valence-electron chi connectivity index (χ0n) is 14.3. The highest BCUT2D eigenvalue weighted by atomic mass is 19.1. The SMILES string of the molecule is Cc1cc(F)c(C(=O)N2CC3(C=C(C#N)C(=O)C(C)(C)C3)C2)cc1F. The van der Waals surface area contributed by atoms with Crippen molar-refractivity contribution in [2.45, 2.75) is 27.2 Å². The summed E-state index contributed by atoms with van der Waals surface area (Å²) in [5.74, 6) is -2.16. The number of amides is 1. The average Bonchev–Trinajstić information content (AvgIpc) is 2.50. The van der Waals surface area contributed by atoms with Gasteiger partial charge in [0, 0.05) is 23.9 Å². The molecule has 1 aromatic rings. The van der Waals surface area contributed by atoms with Crippen LogP contribution in [-0.4, -0.2) is 29.7 Å². The summed E-state index contributed by atoms with van der Waals surface area (Å²) in [5.41, 5.74) is -1.19. The summed E-state index contributed by atoms with van der Waals surface area (Å²) in [6.45, 7) is 5.55. The molecule has 1 aromatic carbocycles. The summed E-state index contributed by atoms with van der Waals surface area (Å²) < 4.78 is 27.7. The van der Waals surface area contributed by atoms with Gasteiger partial charge in [0.15, 0.2) is 5.78 Å². The second-order valence-corrected chi connectivity index (χ2v) is 7.66. The van der Waals surface area contributed by atoms with Crippen LogP contribution in [0.3, 0.4) is 0 Å². The van der Waals surface area contributed by atoms with E-state index in [1.807, 2.05) is 6.07 Å². The number of nitrogens with zero attached hydrogens (tertiary/aromatic N) is 2. The Bertz CT molecular complexity index is 859. The van der Waals surface area contributed by atoms with Crippen LogP contribution < -0.4 is 0 Å². The highest BCUT2D eigenvalue weighted by Crippen LogP contribution is 2.48. The first kappa shape index (κ1) is 17.3. The topological polar surface area (TPSA) is 61.2 Å². The molecule has 1 fully saturated rings. The zero-order valence-corrected chi connectivity index (χ0v) is 14.3.